The summed E-state index contributed by atoms with van der Waals surface area (Å²) in [6.07, 6.45) is 0.122. The highest BCUT2D eigenvalue weighted by atomic mass is 19.1. The molecule has 2 aliphatic rings. The van der Waals surface area contributed by atoms with Crippen molar-refractivity contribution in [1.82, 2.24) is 9.80 Å². The fourth-order valence-electron chi connectivity index (χ4n) is 9.73. The lowest BCUT2D eigenvalue weighted by Gasteiger charge is -2.34. The number of hydrogen-bond acceptors (Lipinski definition) is 6. The molecule has 0 aliphatic heterocycles. The molecule has 10 rings (SSSR count). The van der Waals surface area contributed by atoms with Crippen molar-refractivity contribution in [1.29, 1.82) is 0 Å². The number of aliphatic hydroxyl groups is 2. The Morgan fingerprint density at radius 2 is 0.753 bits per heavy atom. The minimum Gasteiger partial charge on any atom is -0.412 e. The van der Waals surface area contributed by atoms with Gasteiger partial charge in [-0.3, -0.25) is 0 Å². The van der Waals surface area contributed by atoms with Crippen LogP contribution in [0.3, 0.4) is 0 Å². The number of aliphatic hydroxyl groups excluding tert-OH is 2. The van der Waals surface area contributed by atoms with Crippen LogP contribution < -0.4 is 9.80 Å². The molecule has 9 nitrogen and oxygen atoms in total. The number of benzene rings is 8. The van der Waals surface area contributed by atoms with Gasteiger partial charge in [0.25, 0.3) is 0 Å². The smallest absolute Gasteiger partial charge is 0.123 e. The first-order chi connectivity index (χ1) is 35.0. The molecule has 0 saturated carbocycles. The monoisotopic (exact) mass is 976 g/mol. The molecule has 0 amide bonds. The average Bonchev–Trinajstić information content (AvgIpc) is 3.90. The molecule has 73 heavy (non-hydrogen) atoms. The lowest BCUT2D eigenvalue weighted by atomic mass is 10.0. The van der Waals surface area contributed by atoms with Gasteiger partial charge in [-0.15, -0.1) is 0 Å². The second kappa shape index (κ2) is 23.5. The van der Waals surface area contributed by atoms with Gasteiger partial charge in [-0.2, -0.15) is 0 Å². The van der Waals surface area contributed by atoms with E-state index < -0.39 is 12.2 Å². The Labute approximate surface area is 427 Å². The molecule has 8 aromatic carbocycles. The van der Waals surface area contributed by atoms with Gasteiger partial charge >= 0.3 is 0 Å². The van der Waals surface area contributed by atoms with E-state index in [4.69, 9.17) is 9.98 Å². The van der Waals surface area contributed by atoms with Crippen molar-refractivity contribution in [2.45, 2.75) is 64.1 Å². The molecular weight excluding hydrogens is 915 g/mol. The molecule has 0 aromatic heterocycles. The number of nitrogens with zero attached hydrogens (tertiary/aromatic N) is 6. The summed E-state index contributed by atoms with van der Waals surface area (Å²) >= 11 is 0. The van der Waals surface area contributed by atoms with Gasteiger partial charge in [0, 0.05) is 62.8 Å². The quantitative estimate of drug-likeness (QED) is 0.0932. The number of halogens is 2. The predicted octanol–water partition coefficient (Wildman–Crippen LogP) is 12.8. The highest BCUT2D eigenvalue weighted by Crippen LogP contribution is 2.46. The Kier molecular flexibility index (Phi) is 16.6. The second-order valence-corrected chi connectivity index (χ2v) is 18.6. The van der Waals surface area contributed by atoms with Gasteiger partial charge in [0.15, 0.2) is 0 Å². The van der Waals surface area contributed by atoms with Crippen LogP contribution in [0.15, 0.2) is 216 Å². The van der Waals surface area contributed by atoms with Crippen LogP contribution in [-0.4, -0.2) is 63.5 Å². The van der Waals surface area contributed by atoms with Crippen molar-refractivity contribution in [2.24, 2.45) is 9.98 Å². The van der Waals surface area contributed by atoms with Crippen LogP contribution in [0.4, 0.5) is 42.9 Å². The molecule has 0 heterocycles. The zero-order valence-corrected chi connectivity index (χ0v) is 41.6. The highest BCUT2D eigenvalue weighted by molar-refractivity contribution is 5.83. The summed E-state index contributed by atoms with van der Waals surface area (Å²) in [5, 5.41) is 22.5. The molecule has 0 radical (unpaired) electrons. The summed E-state index contributed by atoms with van der Waals surface area (Å²) in [5.74, 6) is 1.25. The Morgan fingerprint density at radius 1 is 0.452 bits per heavy atom. The van der Waals surface area contributed by atoms with E-state index >= 15 is 0 Å². The molecule has 2 aliphatic carbocycles. The number of para-hydroxylation sites is 4. The van der Waals surface area contributed by atoms with E-state index in [2.05, 4.69) is 82.6 Å². The molecule has 0 spiro atoms. The third-order valence-electron chi connectivity index (χ3n) is 13.5. The third kappa shape index (κ3) is 12.2. The van der Waals surface area contributed by atoms with Crippen LogP contribution in [0.2, 0.25) is 0 Å². The molecule has 4 N–H and O–H groups in total. The summed E-state index contributed by atoms with van der Waals surface area (Å²) in [6.45, 7) is 5.22. The molecule has 0 fully saturated rings. The van der Waals surface area contributed by atoms with E-state index in [9.17, 15) is 19.0 Å². The molecule has 4 unspecified atom stereocenters. The van der Waals surface area contributed by atoms with Gasteiger partial charge in [0.05, 0.1) is 35.7 Å². The molecule has 4 atom stereocenters. The SMILES string of the molecule is CC(=Nc1ccc2c(c1)C(N(c1ccccc1)c1ccccc1)C(O)C2)N(C)Cc1ccc(F)cc1.CC(=Nc1ccc2c(c1)C(N(c1ccccc1)c1ccccc1)C(O)C2)N(C)Cc1ccc(F)cc1.O. The number of fused-ring (bicyclic) bond motifs is 2. The topological polar surface area (TPSA) is 110 Å². The minimum atomic E-state index is -0.540. The number of amidine groups is 2. The van der Waals surface area contributed by atoms with Gasteiger partial charge in [0.1, 0.15) is 23.3 Å². The highest BCUT2D eigenvalue weighted by Gasteiger charge is 2.38. The number of anilines is 4. The summed E-state index contributed by atoms with van der Waals surface area (Å²) in [4.78, 5) is 18.3. The van der Waals surface area contributed by atoms with Crippen LogP contribution in [0, 0.1) is 11.6 Å². The van der Waals surface area contributed by atoms with E-state index in [-0.39, 0.29) is 29.2 Å². The fraction of sp³-hybridized carbons (Fsp3) is 0.194. The van der Waals surface area contributed by atoms with Crippen molar-refractivity contribution in [3.8, 4) is 0 Å². The maximum atomic E-state index is 13.3. The Balaban J connectivity index is 0.000000192. The lowest BCUT2D eigenvalue weighted by Crippen LogP contribution is -2.30. The fourth-order valence-corrected chi connectivity index (χ4v) is 9.73. The summed E-state index contributed by atoms with van der Waals surface area (Å²) in [5.41, 5.74) is 12.3. The molecule has 372 valence electrons. The summed E-state index contributed by atoms with van der Waals surface area (Å²) in [7, 11) is 3.96. The third-order valence-corrected chi connectivity index (χ3v) is 13.5. The van der Waals surface area contributed by atoms with E-state index in [1.165, 1.54) is 24.3 Å². The number of hydrogen-bond donors (Lipinski definition) is 2. The van der Waals surface area contributed by atoms with Crippen LogP contribution in [-0.2, 0) is 25.9 Å². The molecule has 11 heteroatoms. The molecular formula is C62H62F2N6O3. The largest absolute Gasteiger partial charge is 0.412 e. The van der Waals surface area contributed by atoms with E-state index in [0.29, 0.717) is 25.9 Å². The van der Waals surface area contributed by atoms with E-state index in [0.717, 1.165) is 79.2 Å². The number of aliphatic imine (C=N–C) groups is 2. The maximum Gasteiger partial charge on any atom is 0.123 e. The maximum absolute atomic E-state index is 13.3. The van der Waals surface area contributed by atoms with Crippen LogP contribution >= 0.6 is 0 Å². The first-order valence-electron chi connectivity index (χ1n) is 24.4. The van der Waals surface area contributed by atoms with Crippen molar-refractivity contribution >= 4 is 45.8 Å². The van der Waals surface area contributed by atoms with Gasteiger partial charge in [0.2, 0.25) is 0 Å². The predicted molar refractivity (Wildman–Crippen MR) is 293 cm³/mol. The van der Waals surface area contributed by atoms with Gasteiger partial charge in [-0.25, -0.2) is 18.8 Å². The number of rotatable bonds is 12. The summed E-state index contributed by atoms with van der Waals surface area (Å²) < 4.78 is 26.5. The molecule has 0 bridgehead atoms. The van der Waals surface area contributed by atoms with Crippen LogP contribution in [0.25, 0.3) is 0 Å². The normalized spacial score (nSPS) is 16.8. The van der Waals surface area contributed by atoms with Crippen LogP contribution in [0.1, 0.15) is 59.3 Å². The Hall–Kier alpha value is -7.96. The van der Waals surface area contributed by atoms with Gasteiger partial charge in [-0.1, -0.05) is 109 Å². The van der Waals surface area contributed by atoms with Crippen molar-refractivity contribution in [3.63, 3.8) is 0 Å². The van der Waals surface area contributed by atoms with Crippen LogP contribution in [0.5, 0.6) is 0 Å². The second-order valence-electron chi connectivity index (χ2n) is 18.6. The van der Waals surface area contributed by atoms with Crippen molar-refractivity contribution < 1.29 is 24.5 Å². The first-order valence-corrected chi connectivity index (χ1v) is 24.4. The lowest BCUT2D eigenvalue weighted by molar-refractivity contribution is 0.158. The first kappa shape index (κ1) is 51.4. The van der Waals surface area contributed by atoms with E-state index in [1.54, 1.807) is 24.3 Å². The Morgan fingerprint density at radius 3 is 1.05 bits per heavy atom. The van der Waals surface area contributed by atoms with Gasteiger partial charge in [-0.05, 0) is 144 Å². The van der Waals surface area contributed by atoms with Crippen molar-refractivity contribution in [3.05, 3.63) is 251 Å². The van der Waals surface area contributed by atoms with Gasteiger partial charge < -0.3 is 35.3 Å². The molecule has 8 aromatic rings. The zero-order chi connectivity index (χ0) is 50.1. The summed E-state index contributed by atoms with van der Waals surface area (Å²) in [6, 6.07) is 65.8. The zero-order valence-electron chi connectivity index (χ0n) is 41.6. The minimum absolute atomic E-state index is 0. The Bertz CT molecular complexity index is 2820. The molecule has 0 saturated heterocycles. The average molecular weight is 977 g/mol. The van der Waals surface area contributed by atoms with E-state index in [1.807, 2.05) is 123 Å². The standard InChI is InChI=1S/2C31H30FN3O.H2O/c2*1-22(34(2)21-23-13-16-25(32)17-14-23)33-26-18-15-24-19-30(36)31(29(24)20-26)35(27-9-5-3-6-10-27)28-11-7-4-8-12-28;/h2*3-18,20,30-31,36H,19,21H2,1-2H3;1H2. The van der Waals surface area contributed by atoms with Crippen molar-refractivity contribution in [2.75, 3.05) is 23.9 Å².